The van der Waals surface area contributed by atoms with Crippen LogP contribution in [-0.4, -0.2) is 16.1 Å². The van der Waals surface area contributed by atoms with Gasteiger partial charge in [0.15, 0.2) is 0 Å². The van der Waals surface area contributed by atoms with E-state index in [0.717, 1.165) is 16.8 Å². The first-order chi connectivity index (χ1) is 11.5. The molecule has 0 saturated carbocycles. The van der Waals surface area contributed by atoms with Gasteiger partial charge in [-0.15, -0.1) is 0 Å². The summed E-state index contributed by atoms with van der Waals surface area (Å²) in [7, 11) is 0. The summed E-state index contributed by atoms with van der Waals surface area (Å²) in [5, 5.41) is 9.83. The fourth-order valence-electron chi connectivity index (χ4n) is 2.42. The fourth-order valence-corrected chi connectivity index (χ4v) is 2.42. The number of carbonyl (C=O) groups is 1. The van der Waals surface area contributed by atoms with Gasteiger partial charge in [-0.2, -0.15) is 5.10 Å². The highest BCUT2D eigenvalue weighted by atomic mass is 19.1. The van der Waals surface area contributed by atoms with Crippen molar-refractivity contribution in [1.29, 1.82) is 0 Å². The van der Waals surface area contributed by atoms with E-state index < -0.39 is 0 Å². The van der Waals surface area contributed by atoms with Crippen LogP contribution in [0.5, 0.6) is 0 Å². The molecular formula is C19H18FN3O. The summed E-state index contributed by atoms with van der Waals surface area (Å²) >= 11 is 0. The van der Waals surface area contributed by atoms with E-state index in [-0.39, 0.29) is 17.8 Å². The molecule has 1 heterocycles. The van der Waals surface area contributed by atoms with Crippen LogP contribution in [0.4, 0.5) is 4.39 Å². The third-order valence-corrected chi connectivity index (χ3v) is 3.89. The zero-order chi connectivity index (χ0) is 17.1. The average molecular weight is 323 g/mol. The van der Waals surface area contributed by atoms with Gasteiger partial charge in [-0.3, -0.25) is 9.89 Å². The number of halogens is 1. The van der Waals surface area contributed by atoms with Gasteiger partial charge in [-0.1, -0.05) is 42.0 Å². The Morgan fingerprint density at radius 3 is 2.46 bits per heavy atom. The maximum Gasteiger partial charge on any atom is 0.269 e. The number of H-pyrrole nitrogens is 1. The van der Waals surface area contributed by atoms with Crippen molar-refractivity contribution in [2.24, 2.45) is 0 Å². The van der Waals surface area contributed by atoms with Crippen molar-refractivity contribution >= 4 is 5.91 Å². The number of aromatic amines is 1. The Labute approximate surface area is 139 Å². The van der Waals surface area contributed by atoms with E-state index in [0.29, 0.717) is 5.69 Å². The Kier molecular flexibility index (Phi) is 4.42. The third-order valence-electron chi connectivity index (χ3n) is 3.89. The molecule has 5 heteroatoms. The number of carbonyl (C=O) groups excluding carboxylic acids is 1. The lowest BCUT2D eigenvalue weighted by atomic mass is 10.1. The normalized spacial score (nSPS) is 12.0. The number of nitrogens with zero attached hydrogens (tertiary/aromatic N) is 1. The second-order valence-corrected chi connectivity index (χ2v) is 5.78. The highest BCUT2D eigenvalue weighted by Crippen LogP contribution is 2.19. The largest absolute Gasteiger partial charge is 0.344 e. The molecule has 0 aliphatic carbocycles. The van der Waals surface area contributed by atoms with E-state index in [4.69, 9.17) is 0 Å². The molecule has 0 aliphatic rings. The molecule has 0 spiro atoms. The van der Waals surface area contributed by atoms with Gasteiger partial charge < -0.3 is 5.32 Å². The Balaban J connectivity index is 1.71. The van der Waals surface area contributed by atoms with Gasteiger partial charge in [0.2, 0.25) is 0 Å². The van der Waals surface area contributed by atoms with Gasteiger partial charge in [0.1, 0.15) is 11.5 Å². The monoisotopic (exact) mass is 323 g/mol. The first kappa shape index (κ1) is 15.9. The van der Waals surface area contributed by atoms with Crippen molar-refractivity contribution in [2.45, 2.75) is 19.9 Å². The molecule has 1 aromatic heterocycles. The number of nitrogens with one attached hydrogen (secondary N) is 2. The second kappa shape index (κ2) is 6.66. The molecule has 0 bridgehead atoms. The van der Waals surface area contributed by atoms with Crippen molar-refractivity contribution in [3.63, 3.8) is 0 Å². The fraction of sp³-hybridized carbons (Fsp3) is 0.158. The highest BCUT2D eigenvalue weighted by Gasteiger charge is 2.14. The summed E-state index contributed by atoms with van der Waals surface area (Å²) in [5.74, 6) is -0.550. The molecule has 3 aromatic rings. The minimum atomic E-state index is -0.298. The maximum absolute atomic E-state index is 13.0. The van der Waals surface area contributed by atoms with E-state index >= 15 is 0 Å². The van der Waals surface area contributed by atoms with Crippen molar-refractivity contribution in [3.8, 4) is 11.3 Å². The molecule has 1 unspecified atom stereocenters. The average Bonchev–Trinajstić information content (AvgIpc) is 3.06. The zero-order valence-electron chi connectivity index (χ0n) is 13.5. The zero-order valence-corrected chi connectivity index (χ0v) is 13.5. The number of amides is 1. The Bertz CT molecular complexity index is 838. The molecular weight excluding hydrogens is 305 g/mol. The van der Waals surface area contributed by atoms with Crippen LogP contribution in [0, 0.1) is 12.7 Å². The van der Waals surface area contributed by atoms with Crippen molar-refractivity contribution in [3.05, 3.63) is 77.2 Å². The van der Waals surface area contributed by atoms with Crippen LogP contribution in [0.2, 0.25) is 0 Å². The third kappa shape index (κ3) is 3.51. The van der Waals surface area contributed by atoms with E-state index in [1.54, 1.807) is 18.2 Å². The van der Waals surface area contributed by atoms with Crippen LogP contribution in [0.1, 0.15) is 34.6 Å². The predicted molar refractivity (Wildman–Crippen MR) is 91.0 cm³/mol. The van der Waals surface area contributed by atoms with Gasteiger partial charge in [0, 0.05) is 5.56 Å². The van der Waals surface area contributed by atoms with Crippen molar-refractivity contribution in [2.75, 3.05) is 0 Å². The Morgan fingerprint density at radius 1 is 1.12 bits per heavy atom. The molecule has 3 rings (SSSR count). The summed E-state index contributed by atoms with van der Waals surface area (Å²) in [6, 6.07) is 15.5. The van der Waals surface area contributed by atoms with Crippen molar-refractivity contribution in [1.82, 2.24) is 15.5 Å². The van der Waals surface area contributed by atoms with E-state index in [2.05, 4.69) is 15.5 Å². The lowest BCUT2D eigenvalue weighted by Crippen LogP contribution is -2.26. The van der Waals surface area contributed by atoms with Gasteiger partial charge in [0.05, 0.1) is 11.7 Å². The lowest BCUT2D eigenvalue weighted by molar-refractivity contribution is 0.0935. The number of benzene rings is 2. The smallest absolute Gasteiger partial charge is 0.269 e. The molecule has 1 atom stereocenters. The Hall–Kier alpha value is -2.95. The van der Waals surface area contributed by atoms with E-state index in [1.165, 1.54) is 17.7 Å². The highest BCUT2D eigenvalue weighted by molar-refractivity contribution is 5.93. The minimum Gasteiger partial charge on any atom is -0.344 e. The van der Waals surface area contributed by atoms with Crippen LogP contribution in [-0.2, 0) is 0 Å². The molecule has 0 aliphatic heterocycles. The topological polar surface area (TPSA) is 57.8 Å². The first-order valence-corrected chi connectivity index (χ1v) is 7.72. The van der Waals surface area contributed by atoms with E-state index in [1.807, 2.05) is 38.1 Å². The number of aryl methyl sites for hydroxylation is 1. The van der Waals surface area contributed by atoms with Gasteiger partial charge in [-0.25, -0.2) is 4.39 Å². The summed E-state index contributed by atoms with van der Waals surface area (Å²) in [5.41, 5.74) is 4.06. The van der Waals surface area contributed by atoms with Crippen LogP contribution >= 0.6 is 0 Å². The molecule has 2 N–H and O–H groups in total. The number of rotatable bonds is 4. The summed E-state index contributed by atoms with van der Waals surface area (Å²) < 4.78 is 13.0. The Morgan fingerprint density at radius 2 is 1.79 bits per heavy atom. The maximum atomic E-state index is 13.0. The quantitative estimate of drug-likeness (QED) is 0.762. The molecule has 1 amide bonds. The van der Waals surface area contributed by atoms with Gasteiger partial charge in [-0.05, 0) is 37.6 Å². The van der Waals surface area contributed by atoms with Crippen molar-refractivity contribution < 1.29 is 9.18 Å². The summed E-state index contributed by atoms with van der Waals surface area (Å²) in [6.07, 6.45) is 0. The van der Waals surface area contributed by atoms with Crippen LogP contribution in [0.3, 0.4) is 0 Å². The van der Waals surface area contributed by atoms with Gasteiger partial charge in [0.25, 0.3) is 5.91 Å². The summed E-state index contributed by atoms with van der Waals surface area (Å²) in [6.45, 7) is 3.87. The van der Waals surface area contributed by atoms with Crippen LogP contribution < -0.4 is 5.32 Å². The molecule has 0 saturated heterocycles. The number of hydrogen-bond acceptors (Lipinski definition) is 2. The molecule has 0 fully saturated rings. The van der Waals surface area contributed by atoms with Crippen LogP contribution in [0.25, 0.3) is 11.3 Å². The predicted octanol–water partition coefficient (Wildman–Crippen LogP) is 4.02. The molecule has 24 heavy (non-hydrogen) atoms. The summed E-state index contributed by atoms with van der Waals surface area (Å²) in [4.78, 5) is 12.3. The molecule has 0 radical (unpaired) electrons. The SMILES string of the molecule is Cc1ccc(-c2cc(C(=O)NC(C)c3ccc(F)cc3)[nH]n2)cc1. The second-order valence-electron chi connectivity index (χ2n) is 5.78. The molecule has 4 nitrogen and oxygen atoms in total. The first-order valence-electron chi connectivity index (χ1n) is 7.72. The minimum absolute atomic E-state index is 0.232. The number of hydrogen-bond donors (Lipinski definition) is 2. The lowest BCUT2D eigenvalue weighted by Gasteiger charge is -2.13. The van der Waals surface area contributed by atoms with Gasteiger partial charge >= 0.3 is 0 Å². The van der Waals surface area contributed by atoms with E-state index in [9.17, 15) is 9.18 Å². The van der Waals surface area contributed by atoms with Crippen LogP contribution in [0.15, 0.2) is 54.6 Å². The molecule has 122 valence electrons. The standard InChI is InChI=1S/C19H18FN3O/c1-12-3-5-15(6-4-12)17-11-18(23-22-17)19(24)21-13(2)14-7-9-16(20)10-8-14/h3-11,13H,1-2H3,(H,21,24)(H,22,23). The molecule has 2 aromatic carbocycles. The number of aromatic nitrogens is 2.